The third-order valence-electron chi connectivity index (χ3n) is 5.31. The molecule has 0 unspecified atom stereocenters. The second-order valence-corrected chi connectivity index (χ2v) is 8.12. The van der Waals surface area contributed by atoms with Gasteiger partial charge >= 0.3 is 0 Å². The molecule has 0 fully saturated rings. The van der Waals surface area contributed by atoms with Crippen LogP contribution in [-0.4, -0.2) is 25.1 Å². The van der Waals surface area contributed by atoms with Crippen LogP contribution in [0.25, 0.3) is 42.6 Å². The van der Waals surface area contributed by atoms with Crippen LogP contribution in [0.15, 0.2) is 47.4 Å². The molecule has 0 amide bonds. The highest BCUT2D eigenvalue weighted by Gasteiger charge is 2.22. The van der Waals surface area contributed by atoms with Gasteiger partial charge in [-0.05, 0) is 23.8 Å². The number of aromatic hydroxyl groups is 1. The molecule has 4 N–H and O–H groups in total. The summed E-state index contributed by atoms with van der Waals surface area (Å²) in [5.41, 5.74) is 8.49. The number of hydrogen-bond acceptors (Lipinski definition) is 7. The van der Waals surface area contributed by atoms with Crippen molar-refractivity contribution in [2.24, 2.45) is 12.8 Å². The number of rotatable bonds is 3. The van der Waals surface area contributed by atoms with Crippen molar-refractivity contribution < 1.29 is 5.11 Å². The van der Waals surface area contributed by atoms with Crippen molar-refractivity contribution in [3.05, 3.63) is 64.2 Å². The maximum absolute atomic E-state index is 12.2. The van der Waals surface area contributed by atoms with Gasteiger partial charge in [0.15, 0.2) is 0 Å². The van der Waals surface area contributed by atoms with Crippen LogP contribution >= 0.6 is 11.3 Å². The summed E-state index contributed by atoms with van der Waals surface area (Å²) in [5.74, 6) is -0.169. The van der Waals surface area contributed by atoms with E-state index in [1.807, 2.05) is 31.3 Å². The van der Waals surface area contributed by atoms with Gasteiger partial charge in [0.25, 0.3) is 5.56 Å². The lowest BCUT2D eigenvalue weighted by atomic mass is 9.99. The molecule has 31 heavy (non-hydrogen) atoms. The standard InChI is InChI=1S/C22H16N6O2S/c1-28-20(21-14(8-23)12-4-2-3-5-18(12)31-21)15(10-25-28)11-6-13-16(9-24)26-27-22(30)19(13)17(29)7-11/h2-7,10,29H,9,24H2,1H3,(H,27,30). The number of H-pyrrole nitrogens is 1. The van der Waals surface area contributed by atoms with E-state index < -0.39 is 5.56 Å². The number of benzene rings is 2. The summed E-state index contributed by atoms with van der Waals surface area (Å²) in [6.45, 7) is 0.102. The van der Waals surface area contributed by atoms with Gasteiger partial charge in [0, 0.05) is 34.6 Å². The number of hydrogen-bond donors (Lipinski definition) is 3. The van der Waals surface area contributed by atoms with Crippen molar-refractivity contribution in [1.29, 1.82) is 5.26 Å². The van der Waals surface area contributed by atoms with Gasteiger partial charge in [-0.15, -0.1) is 11.3 Å². The Morgan fingerprint density at radius 1 is 1.29 bits per heavy atom. The van der Waals surface area contributed by atoms with Crippen LogP contribution in [0, 0.1) is 11.3 Å². The van der Waals surface area contributed by atoms with Crippen LogP contribution in [0.1, 0.15) is 11.3 Å². The Kier molecular flexibility index (Phi) is 4.32. The fourth-order valence-corrected chi connectivity index (χ4v) is 5.12. The molecule has 0 saturated carbocycles. The summed E-state index contributed by atoms with van der Waals surface area (Å²) in [6, 6.07) is 13.4. The number of phenolic OH excluding ortho intramolecular Hbond substituents is 1. The first-order chi connectivity index (χ1) is 15.0. The zero-order chi connectivity index (χ0) is 21.7. The van der Waals surface area contributed by atoms with E-state index in [-0.39, 0.29) is 17.7 Å². The van der Waals surface area contributed by atoms with Crippen molar-refractivity contribution in [1.82, 2.24) is 20.0 Å². The first kappa shape index (κ1) is 19.0. The number of thiophene rings is 1. The average Bonchev–Trinajstić information content (AvgIpc) is 3.33. The zero-order valence-corrected chi connectivity index (χ0v) is 17.2. The lowest BCUT2D eigenvalue weighted by Crippen LogP contribution is -2.13. The van der Waals surface area contributed by atoms with Crippen molar-refractivity contribution in [3.8, 4) is 33.5 Å². The fraction of sp³-hybridized carbons (Fsp3) is 0.0909. The molecule has 0 saturated heterocycles. The fourth-order valence-electron chi connectivity index (χ4n) is 3.88. The normalized spacial score (nSPS) is 11.3. The maximum Gasteiger partial charge on any atom is 0.275 e. The third kappa shape index (κ3) is 2.81. The predicted molar refractivity (Wildman–Crippen MR) is 120 cm³/mol. The van der Waals surface area contributed by atoms with E-state index in [0.717, 1.165) is 26.2 Å². The summed E-state index contributed by atoms with van der Waals surface area (Å²) < 4.78 is 2.71. The number of aryl methyl sites for hydroxylation is 1. The predicted octanol–water partition coefficient (Wildman–Crippen LogP) is 3.24. The monoisotopic (exact) mass is 428 g/mol. The summed E-state index contributed by atoms with van der Waals surface area (Å²) in [7, 11) is 1.81. The molecule has 0 aliphatic heterocycles. The molecule has 5 aromatic rings. The molecule has 0 aliphatic rings. The highest BCUT2D eigenvalue weighted by Crippen LogP contribution is 2.43. The van der Waals surface area contributed by atoms with Crippen molar-refractivity contribution in [3.63, 3.8) is 0 Å². The summed E-state index contributed by atoms with van der Waals surface area (Å²) in [5, 5.41) is 32.8. The Morgan fingerprint density at radius 3 is 2.87 bits per heavy atom. The highest BCUT2D eigenvalue weighted by molar-refractivity contribution is 7.22. The average molecular weight is 428 g/mol. The van der Waals surface area contributed by atoms with Crippen LogP contribution in [0.4, 0.5) is 0 Å². The number of nitrogens with one attached hydrogen (secondary N) is 1. The van der Waals surface area contributed by atoms with Gasteiger partial charge in [-0.1, -0.05) is 18.2 Å². The van der Waals surface area contributed by atoms with Crippen LogP contribution in [0.3, 0.4) is 0 Å². The summed E-state index contributed by atoms with van der Waals surface area (Å²) in [6.07, 6.45) is 1.68. The topological polar surface area (TPSA) is 134 Å². The molecular formula is C22H16N6O2S. The Balaban J connectivity index is 1.82. The molecule has 2 aromatic carbocycles. The number of nitrogens with two attached hydrogens (primary N) is 1. The summed E-state index contributed by atoms with van der Waals surface area (Å²) >= 11 is 1.51. The lowest BCUT2D eigenvalue weighted by Gasteiger charge is -2.09. The van der Waals surface area contributed by atoms with Gasteiger partial charge in [0.05, 0.1) is 33.4 Å². The van der Waals surface area contributed by atoms with E-state index in [1.54, 1.807) is 16.9 Å². The SMILES string of the molecule is Cn1ncc(-c2cc(O)c3c(=O)[nH]nc(CN)c3c2)c1-c1sc2ccccc2c1C#N. The highest BCUT2D eigenvalue weighted by atomic mass is 32.1. The molecule has 8 nitrogen and oxygen atoms in total. The molecule has 0 spiro atoms. The number of nitrogens with zero attached hydrogens (tertiary/aromatic N) is 4. The molecule has 0 aliphatic carbocycles. The van der Waals surface area contributed by atoms with Gasteiger partial charge in [-0.25, -0.2) is 5.10 Å². The van der Waals surface area contributed by atoms with Crippen molar-refractivity contribution in [2.45, 2.75) is 6.54 Å². The van der Waals surface area contributed by atoms with Gasteiger partial charge in [0.1, 0.15) is 11.8 Å². The van der Waals surface area contributed by atoms with E-state index in [1.165, 1.54) is 17.4 Å². The molecule has 5 rings (SSSR count). The number of nitriles is 1. The second kappa shape index (κ2) is 7.05. The molecular weight excluding hydrogens is 412 g/mol. The molecule has 0 atom stereocenters. The molecule has 3 heterocycles. The van der Waals surface area contributed by atoms with E-state index >= 15 is 0 Å². The Labute approximate surface area is 179 Å². The largest absolute Gasteiger partial charge is 0.507 e. The van der Waals surface area contributed by atoms with E-state index in [0.29, 0.717) is 22.2 Å². The second-order valence-electron chi connectivity index (χ2n) is 7.07. The van der Waals surface area contributed by atoms with Crippen LogP contribution in [0.2, 0.25) is 0 Å². The van der Waals surface area contributed by atoms with Crippen LogP contribution < -0.4 is 11.3 Å². The molecule has 3 aromatic heterocycles. The Bertz CT molecular complexity index is 1590. The first-order valence-electron chi connectivity index (χ1n) is 9.42. The lowest BCUT2D eigenvalue weighted by molar-refractivity contribution is 0.481. The van der Waals surface area contributed by atoms with Crippen LogP contribution in [0.5, 0.6) is 5.75 Å². The number of phenols is 1. The number of aromatic amines is 1. The van der Waals surface area contributed by atoms with Crippen molar-refractivity contribution in [2.75, 3.05) is 0 Å². The van der Waals surface area contributed by atoms with Gasteiger partial charge < -0.3 is 10.8 Å². The minimum absolute atomic E-state index is 0.102. The minimum Gasteiger partial charge on any atom is -0.507 e. The quantitative estimate of drug-likeness (QED) is 0.404. The van der Waals surface area contributed by atoms with Gasteiger partial charge in [-0.2, -0.15) is 15.5 Å². The first-order valence-corrected chi connectivity index (χ1v) is 10.2. The molecule has 0 bridgehead atoms. The smallest absolute Gasteiger partial charge is 0.275 e. The maximum atomic E-state index is 12.2. The Hall–Kier alpha value is -4.00. The number of fused-ring (bicyclic) bond motifs is 2. The van der Waals surface area contributed by atoms with Crippen LogP contribution in [-0.2, 0) is 13.6 Å². The molecule has 0 radical (unpaired) electrons. The zero-order valence-electron chi connectivity index (χ0n) is 16.4. The third-order valence-corrected chi connectivity index (χ3v) is 6.49. The molecule has 9 heteroatoms. The Morgan fingerprint density at radius 2 is 2.10 bits per heavy atom. The molecule has 152 valence electrons. The minimum atomic E-state index is -0.487. The van der Waals surface area contributed by atoms with Crippen molar-refractivity contribution >= 4 is 32.2 Å². The van der Waals surface area contributed by atoms with E-state index in [2.05, 4.69) is 21.4 Å². The van der Waals surface area contributed by atoms with Gasteiger partial charge in [0.2, 0.25) is 0 Å². The van der Waals surface area contributed by atoms with E-state index in [9.17, 15) is 15.2 Å². The van der Waals surface area contributed by atoms with Gasteiger partial charge in [-0.3, -0.25) is 9.48 Å². The summed E-state index contributed by atoms with van der Waals surface area (Å²) in [4.78, 5) is 13.0. The van der Waals surface area contributed by atoms with E-state index in [4.69, 9.17) is 5.73 Å². The number of aromatic nitrogens is 4.